The lowest BCUT2D eigenvalue weighted by Crippen LogP contribution is -2.02. The van der Waals surface area contributed by atoms with Gasteiger partial charge in [0.15, 0.2) is 0 Å². The Morgan fingerprint density at radius 1 is 1.47 bits per heavy atom. The van der Waals surface area contributed by atoms with Crippen LogP contribution in [0.25, 0.3) is 5.69 Å². The zero-order valence-electron chi connectivity index (χ0n) is 8.44. The van der Waals surface area contributed by atoms with Crippen molar-refractivity contribution in [3.8, 4) is 5.69 Å². The molecule has 1 aromatic heterocycles. The molecule has 0 radical (unpaired) electrons. The molecule has 1 aromatic carbocycles. The van der Waals surface area contributed by atoms with Gasteiger partial charge in [0.25, 0.3) is 0 Å². The Labute approximate surface area is 93.7 Å². The number of hydrogen-bond acceptors (Lipinski definition) is 2. The normalized spacial score (nSPS) is 10.3. The first-order valence-electron chi connectivity index (χ1n) is 4.83. The minimum Gasteiger partial charge on any atom is -0.384 e. The smallest absolute Gasteiger partial charge is 0.0992 e. The fourth-order valence-corrected chi connectivity index (χ4v) is 1.77. The molecular formula is C11H12ClN3. The quantitative estimate of drug-likeness (QED) is 0.864. The molecule has 3 nitrogen and oxygen atoms in total. The topological polar surface area (TPSA) is 29.9 Å². The van der Waals surface area contributed by atoms with Crippen molar-refractivity contribution in [2.24, 2.45) is 0 Å². The predicted octanol–water partition coefficient (Wildman–Crippen LogP) is 2.96. The molecule has 0 saturated carbocycles. The van der Waals surface area contributed by atoms with Crippen molar-refractivity contribution in [2.75, 3.05) is 11.9 Å². The van der Waals surface area contributed by atoms with Crippen LogP contribution in [0.3, 0.4) is 0 Å². The van der Waals surface area contributed by atoms with Crippen LogP contribution in [0.2, 0.25) is 5.02 Å². The largest absolute Gasteiger partial charge is 0.384 e. The Bertz CT molecular complexity index is 437. The summed E-state index contributed by atoms with van der Waals surface area (Å²) in [5.41, 5.74) is 1.96. The number of imidazole rings is 1. The molecule has 0 aliphatic rings. The first-order valence-corrected chi connectivity index (χ1v) is 5.21. The van der Waals surface area contributed by atoms with Gasteiger partial charge in [-0.05, 0) is 19.1 Å². The third-order valence-corrected chi connectivity index (χ3v) is 2.42. The number of rotatable bonds is 3. The molecule has 0 unspecified atom stereocenters. The van der Waals surface area contributed by atoms with E-state index in [0.717, 1.165) is 17.9 Å². The number of halogens is 1. The van der Waals surface area contributed by atoms with Gasteiger partial charge in [0.05, 0.1) is 22.7 Å². The lowest BCUT2D eigenvalue weighted by molar-refractivity contribution is 1.05. The van der Waals surface area contributed by atoms with Crippen LogP contribution < -0.4 is 5.32 Å². The molecular weight excluding hydrogens is 210 g/mol. The first-order chi connectivity index (χ1) is 7.33. The van der Waals surface area contributed by atoms with Crippen LogP contribution in [0.4, 0.5) is 5.69 Å². The van der Waals surface area contributed by atoms with Gasteiger partial charge in [-0.2, -0.15) is 0 Å². The summed E-state index contributed by atoms with van der Waals surface area (Å²) in [7, 11) is 0. The minimum absolute atomic E-state index is 0.714. The van der Waals surface area contributed by atoms with Gasteiger partial charge in [0.2, 0.25) is 0 Å². The van der Waals surface area contributed by atoms with E-state index in [1.807, 2.05) is 29.0 Å². The maximum absolute atomic E-state index is 6.17. The van der Waals surface area contributed by atoms with Gasteiger partial charge in [-0.3, -0.25) is 0 Å². The second-order valence-corrected chi connectivity index (χ2v) is 3.54. The highest BCUT2D eigenvalue weighted by atomic mass is 35.5. The molecule has 2 aromatic rings. The monoisotopic (exact) mass is 221 g/mol. The van der Waals surface area contributed by atoms with E-state index < -0.39 is 0 Å². The Hall–Kier alpha value is -1.48. The molecule has 0 atom stereocenters. The Kier molecular flexibility index (Phi) is 2.92. The van der Waals surface area contributed by atoms with E-state index in [9.17, 15) is 0 Å². The highest BCUT2D eigenvalue weighted by Crippen LogP contribution is 2.28. The molecule has 0 bridgehead atoms. The maximum atomic E-state index is 6.17. The number of nitrogens with zero attached hydrogens (tertiary/aromatic N) is 2. The highest BCUT2D eigenvalue weighted by Gasteiger charge is 2.07. The molecule has 0 fully saturated rings. The average Bonchev–Trinajstić information content (AvgIpc) is 2.71. The molecule has 0 aliphatic carbocycles. The van der Waals surface area contributed by atoms with Crippen LogP contribution >= 0.6 is 11.6 Å². The van der Waals surface area contributed by atoms with Crippen molar-refractivity contribution >= 4 is 17.3 Å². The second-order valence-electron chi connectivity index (χ2n) is 3.14. The van der Waals surface area contributed by atoms with E-state index in [1.54, 1.807) is 12.5 Å². The molecule has 78 valence electrons. The summed E-state index contributed by atoms with van der Waals surface area (Å²) in [4.78, 5) is 4.02. The molecule has 2 rings (SSSR count). The summed E-state index contributed by atoms with van der Waals surface area (Å²) in [5.74, 6) is 0. The maximum Gasteiger partial charge on any atom is 0.0992 e. The van der Waals surface area contributed by atoms with E-state index >= 15 is 0 Å². The summed E-state index contributed by atoms with van der Waals surface area (Å²) in [5, 5.41) is 3.99. The van der Waals surface area contributed by atoms with E-state index in [-0.39, 0.29) is 0 Å². The fourth-order valence-electron chi connectivity index (χ4n) is 1.50. The van der Waals surface area contributed by atoms with Crippen molar-refractivity contribution in [2.45, 2.75) is 6.92 Å². The molecule has 1 heterocycles. The van der Waals surface area contributed by atoms with Crippen molar-refractivity contribution in [1.82, 2.24) is 9.55 Å². The molecule has 0 spiro atoms. The summed E-state index contributed by atoms with van der Waals surface area (Å²) < 4.78 is 1.90. The van der Waals surface area contributed by atoms with Crippen molar-refractivity contribution in [1.29, 1.82) is 0 Å². The fraction of sp³-hybridized carbons (Fsp3) is 0.182. The first kappa shape index (κ1) is 10.1. The van der Waals surface area contributed by atoms with E-state index in [2.05, 4.69) is 17.2 Å². The zero-order valence-corrected chi connectivity index (χ0v) is 9.20. The summed E-state index contributed by atoms with van der Waals surface area (Å²) in [6.07, 6.45) is 5.35. The summed E-state index contributed by atoms with van der Waals surface area (Å²) in [6, 6.07) is 5.81. The zero-order chi connectivity index (χ0) is 10.7. The van der Waals surface area contributed by atoms with E-state index in [0.29, 0.717) is 5.02 Å². The van der Waals surface area contributed by atoms with Gasteiger partial charge >= 0.3 is 0 Å². The van der Waals surface area contributed by atoms with Gasteiger partial charge in [-0.1, -0.05) is 17.7 Å². The Balaban J connectivity index is 2.52. The van der Waals surface area contributed by atoms with Crippen molar-refractivity contribution in [3.63, 3.8) is 0 Å². The number of benzene rings is 1. The lowest BCUT2D eigenvalue weighted by Gasteiger charge is -2.12. The van der Waals surface area contributed by atoms with E-state index in [1.165, 1.54) is 0 Å². The van der Waals surface area contributed by atoms with Gasteiger partial charge < -0.3 is 9.88 Å². The number of anilines is 1. The number of hydrogen-bond donors (Lipinski definition) is 1. The van der Waals surface area contributed by atoms with Crippen LogP contribution in [-0.4, -0.2) is 16.1 Å². The van der Waals surface area contributed by atoms with Crippen molar-refractivity contribution in [3.05, 3.63) is 41.9 Å². The molecule has 4 heteroatoms. The Morgan fingerprint density at radius 2 is 2.33 bits per heavy atom. The van der Waals surface area contributed by atoms with Crippen LogP contribution in [0, 0.1) is 0 Å². The summed E-state index contributed by atoms with van der Waals surface area (Å²) in [6.45, 7) is 2.92. The minimum atomic E-state index is 0.714. The predicted molar refractivity (Wildman–Crippen MR) is 62.7 cm³/mol. The Morgan fingerprint density at radius 3 is 3.00 bits per heavy atom. The molecule has 1 N–H and O–H groups in total. The summed E-state index contributed by atoms with van der Waals surface area (Å²) >= 11 is 6.17. The average molecular weight is 222 g/mol. The SMILES string of the molecule is CCNc1cccc(Cl)c1-n1ccnc1. The van der Waals surface area contributed by atoms with E-state index in [4.69, 9.17) is 11.6 Å². The molecule has 0 saturated heterocycles. The van der Waals surface area contributed by atoms with Crippen molar-refractivity contribution < 1.29 is 0 Å². The lowest BCUT2D eigenvalue weighted by atomic mass is 10.2. The van der Waals surface area contributed by atoms with Gasteiger partial charge in [-0.15, -0.1) is 0 Å². The van der Waals surface area contributed by atoms with Gasteiger partial charge in [0, 0.05) is 18.9 Å². The number of aromatic nitrogens is 2. The molecule has 0 aliphatic heterocycles. The second kappa shape index (κ2) is 4.36. The number of nitrogens with one attached hydrogen (secondary N) is 1. The standard InChI is InChI=1S/C11H12ClN3/c1-2-14-10-5-3-4-9(12)11(10)15-7-6-13-8-15/h3-8,14H,2H2,1H3. The van der Waals surface area contributed by atoms with Crippen LogP contribution in [0.15, 0.2) is 36.9 Å². The van der Waals surface area contributed by atoms with Crippen LogP contribution in [0.5, 0.6) is 0 Å². The molecule has 15 heavy (non-hydrogen) atoms. The molecule has 0 amide bonds. The van der Waals surface area contributed by atoms with Gasteiger partial charge in [-0.25, -0.2) is 4.98 Å². The highest BCUT2D eigenvalue weighted by molar-refractivity contribution is 6.33. The van der Waals surface area contributed by atoms with Crippen LogP contribution in [-0.2, 0) is 0 Å². The number of para-hydroxylation sites is 1. The third kappa shape index (κ3) is 1.97. The van der Waals surface area contributed by atoms with Crippen LogP contribution in [0.1, 0.15) is 6.92 Å². The third-order valence-electron chi connectivity index (χ3n) is 2.12. The van der Waals surface area contributed by atoms with Gasteiger partial charge in [0.1, 0.15) is 0 Å².